The van der Waals surface area contributed by atoms with Gasteiger partial charge in [-0.25, -0.2) is 9.90 Å². The SMILES string of the molecule is C=C(C)C([O])=O.CCS(=O)(=O)O. The second kappa shape index (κ2) is 5.73. The predicted octanol–water partition coefficient (Wildman–Crippen LogP) is 0.414. The van der Waals surface area contributed by atoms with E-state index in [2.05, 4.69) is 6.58 Å². The zero-order chi connectivity index (χ0) is 10.4. The van der Waals surface area contributed by atoms with Crippen LogP contribution in [0.4, 0.5) is 0 Å². The highest BCUT2D eigenvalue weighted by atomic mass is 32.2. The fourth-order valence-electron chi connectivity index (χ4n) is 0. The molecule has 0 bridgehead atoms. The third-order valence-corrected chi connectivity index (χ3v) is 1.44. The predicted molar refractivity (Wildman–Crippen MR) is 42.6 cm³/mol. The fraction of sp³-hybridized carbons (Fsp3) is 0.500. The molecule has 0 unspecified atom stereocenters. The third-order valence-electron chi connectivity index (χ3n) is 0.713. The lowest BCUT2D eigenvalue weighted by atomic mass is 10.4. The van der Waals surface area contributed by atoms with Crippen molar-refractivity contribution in [2.75, 3.05) is 5.75 Å². The summed E-state index contributed by atoms with van der Waals surface area (Å²) in [5.74, 6) is -1.39. The Kier molecular flexibility index (Phi) is 6.54. The molecule has 0 aliphatic carbocycles. The summed E-state index contributed by atoms with van der Waals surface area (Å²) in [5, 5.41) is 9.49. The van der Waals surface area contributed by atoms with Crippen molar-refractivity contribution in [3.8, 4) is 0 Å². The number of rotatable bonds is 2. The van der Waals surface area contributed by atoms with Crippen LogP contribution >= 0.6 is 0 Å². The Balaban J connectivity index is 0. The molecule has 0 saturated carbocycles. The van der Waals surface area contributed by atoms with Gasteiger partial charge in [0.25, 0.3) is 10.1 Å². The molecule has 0 aliphatic rings. The minimum atomic E-state index is -3.66. The van der Waals surface area contributed by atoms with Gasteiger partial charge in [0.15, 0.2) is 0 Å². The lowest BCUT2D eigenvalue weighted by Crippen LogP contribution is -1.97. The zero-order valence-corrected chi connectivity index (χ0v) is 7.72. The summed E-state index contributed by atoms with van der Waals surface area (Å²) in [7, 11) is -3.66. The molecule has 0 heterocycles. The van der Waals surface area contributed by atoms with Gasteiger partial charge < -0.3 is 0 Å². The van der Waals surface area contributed by atoms with Crippen LogP contribution in [0.3, 0.4) is 0 Å². The van der Waals surface area contributed by atoms with Crippen molar-refractivity contribution >= 4 is 16.1 Å². The molecule has 0 aromatic carbocycles. The van der Waals surface area contributed by atoms with Gasteiger partial charge >= 0.3 is 5.97 Å². The minimum absolute atomic E-state index is 0.0648. The standard InChI is InChI=1S/C4H5O2.C2H6O3S/c1-3(2)4(5)6;1-2-6(3,4)5/h1H2,2H3;2H2,1H3,(H,3,4,5). The van der Waals surface area contributed by atoms with E-state index in [0.29, 0.717) is 0 Å². The van der Waals surface area contributed by atoms with Gasteiger partial charge in [-0.2, -0.15) is 8.42 Å². The first-order chi connectivity index (χ1) is 5.20. The monoisotopic (exact) mass is 195 g/mol. The lowest BCUT2D eigenvalue weighted by Gasteiger charge is -1.79. The van der Waals surface area contributed by atoms with Gasteiger partial charge in [-0.1, -0.05) is 6.58 Å². The maximum Gasteiger partial charge on any atom is 0.381 e. The van der Waals surface area contributed by atoms with Crippen molar-refractivity contribution in [3.05, 3.63) is 12.2 Å². The minimum Gasteiger partial charge on any atom is -0.286 e. The van der Waals surface area contributed by atoms with Crippen LogP contribution in [-0.2, 0) is 20.0 Å². The second-order valence-electron chi connectivity index (χ2n) is 1.94. The third kappa shape index (κ3) is 16.1. The summed E-state index contributed by atoms with van der Waals surface area (Å²) in [4.78, 5) is 9.49. The highest BCUT2D eigenvalue weighted by Gasteiger charge is 1.94. The quantitative estimate of drug-likeness (QED) is 0.510. The van der Waals surface area contributed by atoms with Crippen molar-refractivity contribution in [2.45, 2.75) is 13.8 Å². The number of carbonyl (C=O) groups excluding carboxylic acids is 1. The summed E-state index contributed by atoms with van der Waals surface area (Å²) < 4.78 is 26.9. The van der Waals surface area contributed by atoms with Crippen molar-refractivity contribution in [2.24, 2.45) is 0 Å². The Morgan fingerprint density at radius 2 is 1.67 bits per heavy atom. The molecule has 0 rings (SSSR count). The Labute approximate surface area is 71.5 Å². The molecular formula is C6H11O5S. The number of hydrogen-bond donors (Lipinski definition) is 1. The Hall–Kier alpha value is -0.880. The van der Waals surface area contributed by atoms with Gasteiger partial charge in [-0.15, -0.1) is 0 Å². The summed E-state index contributed by atoms with van der Waals surface area (Å²) in [6, 6.07) is 0. The van der Waals surface area contributed by atoms with Crippen LogP contribution in [0.2, 0.25) is 0 Å². The highest BCUT2D eigenvalue weighted by Crippen LogP contribution is 1.82. The topological polar surface area (TPSA) is 91.3 Å². The van der Waals surface area contributed by atoms with Gasteiger partial charge in [0.1, 0.15) is 0 Å². The van der Waals surface area contributed by atoms with E-state index in [1.807, 2.05) is 0 Å². The first kappa shape index (κ1) is 13.7. The van der Waals surface area contributed by atoms with Crippen LogP contribution in [0.1, 0.15) is 13.8 Å². The van der Waals surface area contributed by atoms with Crippen molar-refractivity contribution in [3.63, 3.8) is 0 Å². The van der Waals surface area contributed by atoms with Crippen LogP contribution in [-0.4, -0.2) is 24.7 Å². The molecule has 0 aliphatic heterocycles. The summed E-state index contributed by atoms with van der Waals surface area (Å²) >= 11 is 0. The lowest BCUT2D eigenvalue weighted by molar-refractivity contribution is -0.138. The summed E-state index contributed by atoms with van der Waals surface area (Å²) in [5.41, 5.74) is 0.0648. The summed E-state index contributed by atoms with van der Waals surface area (Å²) in [6.45, 7) is 5.85. The van der Waals surface area contributed by atoms with E-state index in [1.54, 1.807) is 0 Å². The Morgan fingerprint density at radius 1 is 1.50 bits per heavy atom. The number of carbonyl (C=O) groups is 1. The van der Waals surface area contributed by atoms with E-state index in [0.717, 1.165) is 0 Å². The molecule has 0 aromatic heterocycles. The van der Waals surface area contributed by atoms with Crippen LogP contribution in [0, 0.1) is 0 Å². The van der Waals surface area contributed by atoms with Crippen LogP contribution in [0.25, 0.3) is 0 Å². The maximum atomic E-state index is 9.56. The average molecular weight is 195 g/mol. The van der Waals surface area contributed by atoms with E-state index in [1.165, 1.54) is 13.8 Å². The van der Waals surface area contributed by atoms with Gasteiger partial charge in [-0.3, -0.25) is 4.55 Å². The Bertz CT molecular complexity index is 239. The van der Waals surface area contributed by atoms with Gasteiger partial charge in [0.2, 0.25) is 0 Å². The largest absolute Gasteiger partial charge is 0.381 e. The van der Waals surface area contributed by atoms with E-state index in [4.69, 9.17) is 4.55 Å². The molecule has 0 spiro atoms. The Morgan fingerprint density at radius 3 is 1.67 bits per heavy atom. The van der Waals surface area contributed by atoms with Gasteiger partial charge in [0.05, 0.1) is 5.75 Å². The maximum absolute atomic E-state index is 9.56. The molecule has 5 nitrogen and oxygen atoms in total. The summed E-state index contributed by atoms with van der Waals surface area (Å²) in [6.07, 6.45) is 0. The average Bonchev–Trinajstić information content (AvgIpc) is 1.87. The second-order valence-corrected chi connectivity index (χ2v) is 3.68. The molecule has 0 fully saturated rings. The fourth-order valence-corrected chi connectivity index (χ4v) is 0. The van der Waals surface area contributed by atoms with E-state index < -0.39 is 16.1 Å². The van der Waals surface area contributed by atoms with Crippen LogP contribution in [0.5, 0.6) is 0 Å². The molecule has 0 saturated heterocycles. The number of hydrogen-bond acceptors (Lipinski definition) is 3. The molecule has 12 heavy (non-hydrogen) atoms. The van der Waals surface area contributed by atoms with Crippen LogP contribution < -0.4 is 0 Å². The molecule has 1 N–H and O–H groups in total. The van der Waals surface area contributed by atoms with Crippen LogP contribution in [0.15, 0.2) is 12.2 Å². The van der Waals surface area contributed by atoms with Gasteiger partial charge in [0, 0.05) is 5.57 Å². The smallest absolute Gasteiger partial charge is 0.286 e. The first-order valence-electron chi connectivity index (χ1n) is 3.02. The highest BCUT2D eigenvalue weighted by molar-refractivity contribution is 7.85. The molecule has 0 aromatic rings. The van der Waals surface area contributed by atoms with E-state index >= 15 is 0 Å². The molecule has 1 radical (unpaired) electrons. The van der Waals surface area contributed by atoms with Crippen molar-refractivity contribution < 1.29 is 22.9 Å². The normalized spacial score (nSPS) is 9.58. The van der Waals surface area contributed by atoms with E-state index in [9.17, 15) is 18.3 Å². The van der Waals surface area contributed by atoms with E-state index in [-0.39, 0.29) is 11.3 Å². The first-order valence-corrected chi connectivity index (χ1v) is 4.63. The molecule has 71 valence electrons. The molecular weight excluding hydrogens is 184 g/mol. The molecule has 0 amide bonds. The zero-order valence-electron chi connectivity index (χ0n) is 6.90. The molecule has 0 atom stereocenters. The molecule has 6 heteroatoms. The van der Waals surface area contributed by atoms with Crippen molar-refractivity contribution in [1.29, 1.82) is 0 Å². The van der Waals surface area contributed by atoms with Crippen molar-refractivity contribution in [1.82, 2.24) is 0 Å². The van der Waals surface area contributed by atoms with Gasteiger partial charge in [-0.05, 0) is 13.8 Å².